The van der Waals surface area contributed by atoms with E-state index in [-0.39, 0.29) is 24.0 Å². The smallest absolute Gasteiger partial charge is 0.261 e. The van der Waals surface area contributed by atoms with Crippen molar-refractivity contribution in [3.8, 4) is 5.75 Å². The Morgan fingerprint density at radius 3 is 2.23 bits per heavy atom. The van der Waals surface area contributed by atoms with E-state index >= 15 is 0 Å². The van der Waals surface area contributed by atoms with Crippen molar-refractivity contribution in [1.29, 1.82) is 0 Å². The molecule has 1 atom stereocenters. The van der Waals surface area contributed by atoms with Crippen LogP contribution in [0.4, 0.5) is 0 Å². The minimum atomic E-state index is -0.604. The van der Waals surface area contributed by atoms with Gasteiger partial charge in [-0.3, -0.25) is 9.59 Å². The van der Waals surface area contributed by atoms with Gasteiger partial charge in [-0.25, -0.2) is 0 Å². The highest BCUT2D eigenvalue weighted by Crippen LogP contribution is 2.26. The zero-order valence-corrected chi connectivity index (χ0v) is 20.9. The molecule has 1 N–H and O–H groups in total. The van der Waals surface area contributed by atoms with E-state index in [2.05, 4.69) is 21.2 Å². The number of benzene rings is 2. The molecule has 31 heavy (non-hydrogen) atoms. The second-order valence-electron chi connectivity index (χ2n) is 8.90. The summed E-state index contributed by atoms with van der Waals surface area (Å²) in [4.78, 5) is 27.5. The lowest BCUT2D eigenvalue weighted by Crippen LogP contribution is -2.53. The van der Waals surface area contributed by atoms with Crippen molar-refractivity contribution >= 4 is 27.7 Å². The first-order valence-corrected chi connectivity index (χ1v) is 11.3. The van der Waals surface area contributed by atoms with Gasteiger partial charge in [-0.2, -0.15) is 0 Å². The molecule has 0 radical (unpaired) electrons. The molecule has 0 heterocycles. The van der Waals surface area contributed by atoms with E-state index in [0.29, 0.717) is 18.7 Å². The third-order valence-corrected chi connectivity index (χ3v) is 6.17. The van der Waals surface area contributed by atoms with Gasteiger partial charge in [-0.1, -0.05) is 46.3 Å². The molecule has 2 aromatic rings. The summed E-state index contributed by atoms with van der Waals surface area (Å²) < 4.78 is 6.84. The van der Waals surface area contributed by atoms with Crippen LogP contribution in [0, 0.1) is 13.8 Å². The van der Waals surface area contributed by atoms with Gasteiger partial charge in [0.05, 0.1) is 0 Å². The molecule has 0 aliphatic rings. The maximum atomic E-state index is 13.1. The fourth-order valence-electron chi connectivity index (χ4n) is 3.26. The molecule has 2 aromatic carbocycles. The Kier molecular flexibility index (Phi) is 8.69. The Morgan fingerprint density at radius 1 is 1.10 bits per heavy atom. The summed E-state index contributed by atoms with van der Waals surface area (Å²) in [5, 5.41) is 2.97. The van der Waals surface area contributed by atoms with Crippen LogP contribution >= 0.6 is 15.9 Å². The van der Waals surface area contributed by atoms with Gasteiger partial charge in [0.2, 0.25) is 5.91 Å². The second-order valence-corrected chi connectivity index (χ2v) is 9.69. The monoisotopic (exact) mass is 488 g/mol. The Morgan fingerprint density at radius 2 is 1.68 bits per heavy atom. The summed E-state index contributed by atoms with van der Waals surface area (Å²) in [5.74, 6) is 0.247. The number of amides is 2. The van der Waals surface area contributed by atoms with Gasteiger partial charge in [0.15, 0.2) is 6.61 Å². The SMILES string of the molecule is Cc1cc(OCC(=O)N(CCc2ccccc2)[C@@H](C)C(=O)NC(C)(C)C)cc(C)c1Br. The molecule has 0 aliphatic heterocycles. The topological polar surface area (TPSA) is 58.6 Å². The minimum absolute atomic E-state index is 0.123. The van der Waals surface area contributed by atoms with E-state index in [0.717, 1.165) is 21.2 Å². The lowest BCUT2D eigenvalue weighted by Gasteiger charge is -2.31. The molecule has 0 aliphatic carbocycles. The molecule has 0 bridgehead atoms. The quantitative estimate of drug-likeness (QED) is 0.579. The number of rotatable bonds is 8. The van der Waals surface area contributed by atoms with Crippen LogP contribution in [0.3, 0.4) is 0 Å². The second kappa shape index (κ2) is 10.8. The summed E-state index contributed by atoms with van der Waals surface area (Å²) in [7, 11) is 0. The third kappa shape index (κ3) is 7.69. The molecule has 0 aromatic heterocycles. The summed E-state index contributed by atoms with van der Waals surface area (Å²) in [5.41, 5.74) is 2.83. The van der Waals surface area contributed by atoms with Gasteiger partial charge in [0.1, 0.15) is 11.8 Å². The molecule has 6 heteroatoms. The van der Waals surface area contributed by atoms with Gasteiger partial charge in [-0.05, 0) is 76.8 Å². The average Bonchev–Trinajstić information content (AvgIpc) is 2.69. The Hall–Kier alpha value is -2.34. The fourth-order valence-corrected chi connectivity index (χ4v) is 3.49. The van der Waals surface area contributed by atoms with Crippen molar-refractivity contribution in [2.75, 3.05) is 13.2 Å². The highest BCUT2D eigenvalue weighted by Gasteiger charge is 2.28. The molecule has 0 fully saturated rings. The van der Waals surface area contributed by atoms with Crippen LogP contribution in [0.1, 0.15) is 44.4 Å². The molecule has 5 nitrogen and oxygen atoms in total. The first-order chi connectivity index (χ1) is 14.5. The Balaban J connectivity index is 2.13. The molecule has 0 unspecified atom stereocenters. The first-order valence-electron chi connectivity index (χ1n) is 10.5. The summed E-state index contributed by atoms with van der Waals surface area (Å²) in [6.45, 7) is 11.8. The van der Waals surface area contributed by atoms with Gasteiger partial charge in [0.25, 0.3) is 5.91 Å². The summed E-state index contributed by atoms with van der Waals surface area (Å²) >= 11 is 3.54. The highest BCUT2D eigenvalue weighted by molar-refractivity contribution is 9.10. The molecular weight excluding hydrogens is 456 g/mol. The number of nitrogens with zero attached hydrogens (tertiary/aromatic N) is 1. The standard InChI is InChI=1S/C25H33BrN2O3/c1-17-14-21(15-18(2)23(17)26)31-16-22(29)28(13-12-20-10-8-7-9-11-20)19(3)24(30)27-25(4,5)6/h7-11,14-15,19H,12-13,16H2,1-6H3,(H,27,30)/t19-/m0/s1. The number of ether oxygens (including phenoxy) is 1. The average molecular weight is 489 g/mol. The van der Waals surface area contributed by atoms with Crippen LogP contribution in [0.15, 0.2) is 46.9 Å². The molecule has 168 valence electrons. The number of aryl methyl sites for hydroxylation is 2. The maximum absolute atomic E-state index is 13.1. The predicted molar refractivity (Wildman–Crippen MR) is 128 cm³/mol. The van der Waals surface area contributed by atoms with E-state index in [1.54, 1.807) is 11.8 Å². The van der Waals surface area contributed by atoms with Crippen LogP contribution in [0.5, 0.6) is 5.75 Å². The Labute approximate surface area is 194 Å². The lowest BCUT2D eigenvalue weighted by atomic mass is 10.1. The highest BCUT2D eigenvalue weighted by atomic mass is 79.9. The number of nitrogens with one attached hydrogen (secondary N) is 1. The Bertz CT molecular complexity index is 884. The van der Waals surface area contributed by atoms with Crippen LogP contribution in [0.2, 0.25) is 0 Å². The zero-order chi connectivity index (χ0) is 23.2. The van der Waals surface area contributed by atoms with Crippen molar-refractivity contribution < 1.29 is 14.3 Å². The van der Waals surface area contributed by atoms with E-state index < -0.39 is 6.04 Å². The molecule has 0 saturated carbocycles. The van der Waals surface area contributed by atoms with Crippen LogP contribution in [-0.2, 0) is 16.0 Å². The minimum Gasteiger partial charge on any atom is -0.484 e. The van der Waals surface area contributed by atoms with Gasteiger partial charge in [0, 0.05) is 16.6 Å². The van der Waals surface area contributed by atoms with E-state index in [4.69, 9.17) is 4.74 Å². The number of hydrogen-bond donors (Lipinski definition) is 1. The van der Waals surface area contributed by atoms with Crippen LogP contribution in [-0.4, -0.2) is 41.4 Å². The first kappa shape index (κ1) is 24.9. The molecule has 2 rings (SSSR count). The molecular formula is C25H33BrN2O3. The van der Waals surface area contributed by atoms with E-state index in [1.165, 1.54) is 0 Å². The summed E-state index contributed by atoms with van der Waals surface area (Å²) in [6.07, 6.45) is 0.663. The van der Waals surface area contributed by atoms with Crippen molar-refractivity contribution in [3.05, 3.63) is 63.6 Å². The normalized spacial score (nSPS) is 12.2. The van der Waals surface area contributed by atoms with Crippen molar-refractivity contribution in [1.82, 2.24) is 10.2 Å². The van der Waals surface area contributed by atoms with Gasteiger partial charge >= 0.3 is 0 Å². The molecule has 2 amide bonds. The van der Waals surface area contributed by atoms with Gasteiger partial charge < -0.3 is 15.0 Å². The third-order valence-electron chi connectivity index (χ3n) is 4.92. The van der Waals surface area contributed by atoms with Gasteiger partial charge in [-0.15, -0.1) is 0 Å². The van der Waals surface area contributed by atoms with E-state index in [1.807, 2.05) is 77.1 Å². The molecule has 0 saturated heterocycles. The largest absolute Gasteiger partial charge is 0.484 e. The summed E-state index contributed by atoms with van der Waals surface area (Å²) in [6, 6.07) is 13.1. The maximum Gasteiger partial charge on any atom is 0.261 e. The van der Waals surface area contributed by atoms with E-state index in [9.17, 15) is 9.59 Å². The number of hydrogen-bond acceptors (Lipinski definition) is 3. The van der Waals surface area contributed by atoms with Crippen molar-refractivity contribution in [2.45, 2.75) is 59.5 Å². The predicted octanol–water partition coefficient (Wildman–Crippen LogP) is 4.82. The molecule has 0 spiro atoms. The number of carbonyl (C=O) groups is 2. The number of carbonyl (C=O) groups excluding carboxylic acids is 2. The lowest BCUT2D eigenvalue weighted by molar-refractivity contribution is -0.142. The number of halogens is 1. The van der Waals surface area contributed by atoms with Crippen LogP contribution in [0.25, 0.3) is 0 Å². The fraction of sp³-hybridized carbons (Fsp3) is 0.440. The van der Waals surface area contributed by atoms with Crippen molar-refractivity contribution in [3.63, 3.8) is 0 Å². The van der Waals surface area contributed by atoms with Crippen LogP contribution < -0.4 is 10.1 Å². The zero-order valence-electron chi connectivity index (χ0n) is 19.3. The van der Waals surface area contributed by atoms with Crippen molar-refractivity contribution in [2.24, 2.45) is 0 Å².